The van der Waals surface area contributed by atoms with Gasteiger partial charge < -0.3 is 5.32 Å². The zero-order chi connectivity index (χ0) is 13.5. The lowest BCUT2D eigenvalue weighted by molar-refractivity contribution is 0.590. The maximum absolute atomic E-state index is 4.83. The summed E-state index contributed by atoms with van der Waals surface area (Å²) in [5.41, 5.74) is 3.91. The third-order valence-corrected chi connectivity index (χ3v) is 5.38. The molecule has 1 atom stereocenters. The monoisotopic (exact) mass is 344 g/mol. The third-order valence-electron chi connectivity index (χ3n) is 3.76. The van der Waals surface area contributed by atoms with Gasteiger partial charge in [0.2, 0.25) is 0 Å². The van der Waals surface area contributed by atoms with Gasteiger partial charge in [0, 0.05) is 23.5 Å². The molecule has 4 heteroatoms. The molecule has 2 aromatic carbocycles. The first-order chi connectivity index (χ1) is 9.81. The molecule has 0 spiro atoms. The maximum atomic E-state index is 4.83. The number of fused-ring (bicyclic) bond motifs is 2. The van der Waals surface area contributed by atoms with Crippen molar-refractivity contribution in [1.29, 1.82) is 0 Å². The first-order valence-corrected chi connectivity index (χ1v) is 8.27. The molecular formula is C16H13BrN2S. The molecule has 1 aliphatic rings. The summed E-state index contributed by atoms with van der Waals surface area (Å²) < 4.78 is 2.36. The van der Waals surface area contributed by atoms with Crippen molar-refractivity contribution >= 4 is 37.5 Å². The van der Waals surface area contributed by atoms with Crippen molar-refractivity contribution in [1.82, 2.24) is 10.3 Å². The summed E-state index contributed by atoms with van der Waals surface area (Å²) >= 11 is 5.33. The molecule has 100 valence electrons. The van der Waals surface area contributed by atoms with Gasteiger partial charge in [0.15, 0.2) is 0 Å². The molecular weight excluding hydrogens is 332 g/mol. The lowest BCUT2D eigenvalue weighted by Crippen LogP contribution is -2.28. The van der Waals surface area contributed by atoms with Crippen molar-refractivity contribution in [3.8, 4) is 0 Å². The van der Waals surface area contributed by atoms with Crippen LogP contribution in [-0.2, 0) is 6.54 Å². The summed E-state index contributed by atoms with van der Waals surface area (Å²) in [6, 6.07) is 15.0. The van der Waals surface area contributed by atoms with Crippen molar-refractivity contribution in [2.75, 3.05) is 6.54 Å². The van der Waals surface area contributed by atoms with E-state index < -0.39 is 0 Å². The van der Waals surface area contributed by atoms with Gasteiger partial charge in [-0.1, -0.05) is 40.2 Å². The molecule has 4 rings (SSSR count). The highest BCUT2D eigenvalue weighted by atomic mass is 79.9. The van der Waals surface area contributed by atoms with Crippen molar-refractivity contribution in [2.24, 2.45) is 0 Å². The molecule has 1 N–H and O–H groups in total. The molecule has 0 radical (unpaired) electrons. The minimum atomic E-state index is 0.371. The van der Waals surface area contributed by atoms with E-state index in [2.05, 4.69) is 63.7 Å². The van der Waals surface area contributed by atoms with Crippen LogP contribution >= 0.6 is 27.3 Å². The van der Waals surface area contributed by atoms with Gasteiger partial charge in [0.1, 0.15) is 5.01 Å². The Hall–Kier alpha value is -1.23. The van der Waals surface area contributed by atoms with Crippen LogP contribution in [0.2, 0.25) is 0 Å². The van der Waals surface area contributed by atoms with E-state index in [1.807, 2.05) is 0 Å². The molecule has 0 saturated carbocycles. The Bertz CT molecular complexity index is 781. The number of halogens is 1. The summed E-state index contributed by atoms with van der Waals surface area (Å²) in [6.07, 6.45) is 0. The Kier molecular flexibility index (Phi) is 3.10. The Morgan fingerprint density at radius 3 is 3.05 bits per heavy atom. The van der Waals surface area contributed by atoms with Gasteiger partial charge in [0.25, 0.3) is 0 Å². The smallest absolute Gasteiger partial charge is 0.103 e. The van der Waals surface area contributed by atoms with E-state index in [1.165, 1.54) is 20.8 Å². The predicted octanol–water partition coefficient (Wildman–Crippen LogP) is 4.29. The van der Waals surface area contributed by atoms with Gasteiger partial charge in [-0.2, -0.15) is 0 Å². The van der Waals surface area contributed by atoms with Gasteiger partial charge in [-0.15, -0.1) is 11.3 Å². The van der Waals surface area contributed by atoms with Crippen LogP contribution in [0.5, 0.6) is 0 Å². The molecule has 0 aliphatic carbocycles. The number of rotatable bonds is 1. The number of nitrogens with zero attached hydrogens (tertiary/aromatic N) is 1. The molecule has 1 unspecified atom stereocenters. The van der Waals surface area contributed by atoms with Crippen LogP contribution in [0.4, 0.5) is 0 Å². The van der Waals surface area contributed by atoms with Crippen LogP contribution in [0.25, 0.3) is 10.2 Å². The number of hydrogen-bond acceptors (Lipinski definition) is 3. The Labute approximate surface area is 130 Å². The van der Waals surface area contributed by atoms with E-state index in [0.717, 1.165) is 23.1 Å². The number of thiazole rings is 1. The fourth-order valence-corrected chi connectivity index (χ4v) is 4.42. The fourth-order valence-electron chi connectivity index (χ4n) is 2.78. The van der Waals surface area contributed by atoms with Crippen molar-refractivity contribution in [2.45, 2.75) is 12.5 Å². The standard InChI is InChI=1S/C16H13BrN2S/c17-11-5-6-14-15(7-11)20-16(19-14)13-9-18-8-10-3-1-2-4-12(10)13/h1-7,13,18H,8-9H2. The van der Waals surface area contributed by atoms with Crippen LogP contribution in [-0.4, -0.2) is 11.5 Å². The van der Waals surface area contributed by atoms with Crippen molar-refractivity contribution in [3.63, 3.8) is 0 Å². The highest BCUT2D eigenvalue weighted by Gasteiger charge is 2.24. The zero-order valence-corrected chi connectivity index (χ0v) is 13.2. The number of aromatic nitrogens is 1. The van der Waals surface area contributed by atoms with Crippen molar-refractivity contribution < 1.29 is 0 Å². The van der Waals surface area contributed by atoms with E-state index in [4.69, 9.17) is 4.98 Å². The molecule has 1 aromatic heterocycles. The first-order valence-electron chi connectivity index (χ1n) is 6.66. The molecule has 0 amide bonds. The maximum Gasteiger partial charge on any atom is 0.103 e. The molecule has 3 aromatic rings. The molecule has 20 heavy (non-hydrogen) atoms. The third kappa shape index (κ3) is 2.08. The van der Waals surface area contributed by atoms with Crippen LogP contribution in [0.15, 0.2) is 46.9 Å². The molecule has 2 nitrogen and oxygen atoms in total. The van der Waals surface area contributed by atoms with E-state index in [9.17, 15) is 0 Å². The number of nitrogens with one attached hydrogen (secondary N) is 1. The van der Waals surface area contributed by atoms with E-state index in [-0.39, 0.29) is 0 Å². The lowest BCUT2D eigenvalue weighted by Gasteiger charge is -2.24. The fraction of sp³-hybridized carbons (Fsp3) is 0.188. The second-order valence-electron chi connectivity index (χ2n) is 5.05. The highest BCUT2D eigenvalue weighted by molar-refractivity contribution is 9.10. The quantitative estimate of drug-likeness (QED) is 0.712. The summed E-state index contributed by atoms with van der Waals surface area (Å²) in [6.45, 7) is 1.93. The van der Waals surface area contributed by atoms with Crippen LogP contribution in [0.3, 0.4) is 0 Å². The number of benzene rings is 2. The lowest BCUT2D eigenvalue weighted by atomic mass is 9.91. The SMILES string of the molecule is Brc1ccc2nc(C3CNCc4ccccc43)sc2c1. The highest BCUT2D eigenvalue weighted by Crippen LogP contribution is 2.35. The topological polar surface area (TPSA) is 24.9 Å². The largest absolute Gasteiger partial charge is 0.312 e. The predicted molar refractivity (Wildman–Crippen MR) is 87.3 cm³/mol. The molecule has 1 aliphatic heterocycles. The van der Waals surface area contributed by atoms with E-state index in [0.29, 0.717) is 5.92 Å². The average Bonchev–Trinajstić information content (AvgIpc) is 2.89. The van der Waals surface area contributed by atoms with Crippen LogP contribution in [0.1, 0.15) is 22.1 Å². The summed E-state index contributed by atoms with van der Waals surface area (Å²) in [4.78, 5) is 4.83. The number of hydrogen-bond donors (Lipinski definition) is 1. The molecule has 0 saturated heterocycles. The van der Waals surface area contributed by atoms with Crippen LogP contribution in [0, 0.1) is 0 Å². The van der Waals surface area contributed by atoms with Crippen molar-refractivity contribution in [3.05, 3.63) is 63.1 Å². The second kappa shape index (κ2) is 4.95. The summed E-state index contributed by atoms with van der Waals surface area (Å²) in [5.74, 6) is 0.371. The molecule has 0 fully saturated rings. The van der Waals surface area contributed by atoms with Gasteiger partial charge in [-0.05, 0) is 29.3 Å². The molecule has 0 bridgehead atoms. The Morgan fingerprint density at radius 2 is 2.10 bits per heavy atom. The van der Waals surface area contributed by atoms with Gasteiger partial charge in [-0.25, -0.2) is 4.98 Å². The zero-order valence-electron chi connectivity index (χ0n) is 10.8. The minimum Gasteiger partial charge on any atom is -0.312 e. The normalized spacial score (nSPS) is 18.1. The molecule has 2 heterocycles. The Morgan fingerprint density at radius 1 is 1.20 bits per heavy atom. The van der Waals surface area contributed by atoms with E-state index in [1.54, 1.807) is 11.3 Å². The second-order valence-corrected chi connectivity index (χ2v) is 7.02. The van der Waals surface area contributed by atoms with Gasteiger partial charge >= 0.3 is 0 Å². The minimum absolute atomic E-state index is 0.371. The van der Waals surface area contributed by atoms with Gasteiger partial charge in [-0.3, -0.25) is 0 Å². The van der Waals surface area contributed by atoms with E-state index >= 15 is 0 Å². The van der Waals surface area contributed by atoms with Crippen LogP contribution < -0.4 is 5.32 Å². The summed E-state index contributed by atoms with van der Waals surface area (Å²) in [7, 11) is 0. The first kappa shape index (κ1) is 12.5. The van der Waals surface area contributed by atoms with Gasteiger partial charge in [0.05, 0.1) is 10.2 Å². The summed E-state index contributed by atoms with van der Waals surface area (Å²) in [5, 5.41) is 4.71. The average molecular weight is 345 g/mol. The Balaban J connectivity index is 1.84.